The summed E-state index contributed by atoms with van der Waals surface area (Å²) in [6.45, 7) is 0.699. The molecule has 0 aromatic heterocycles. The predicted octanol–water partition coefficient (Wildman–Crippen LogP) is 2.48. The van der Waals surface area contributed by atoms with E-state index in [1.165, 1.54) is 14.2 Å². The van der Waals surface area contributed by atoms with Gasteiger partial charge >= 0.3 is 0 Å². The number of hydrogen-bond acceptors (Lipinski definition) is 5. The minimum absolute atomic E-state index is 0.0603. The lowest BCUT2D eigenvalue weighted by atomic mass is 10.1. The molecule has 2 rings (SSSR count). The van der Waals surface area contributed by atoms with E-state index in [1.807, 2.05) is 0 Å². The topological polar surface area (TPSA) is 61.8 Å². The van der Waals surface area contributed by atoms with Crippen molar-refractivity contribution in [2.75, 3.05) is 20.8 Å². The number of ether oxygens (including phenoxy) is 3. The largest absolute Gasteiger partial charge is 0.495 e. The van der Waals surface area contributed by atoms with Crippen LogP contribution in [-0.2, 0) is 13.8 Å². The third-order valence-electron chi connectivity index (χ3n) is 3.03. The molecule has 1 saturated heterocycles. The van der Waals surface area contributed by atoms with Gasteiger partial charge in [-0.3, -0.25) is 0 Å². The first-order chi connectivity index (χ1) is 8.97. The van der Waals surface area contributed by atoms with E-state index < -0.39 is 9.05 Å². The zero-order valence-corrected chi connectivity index (χ0v) is 12.3. The molecule has 106 valence electrons. The molecule has 1 heterocycles. The maximum Gasteiger partial charge on any atom is 0.268 e. The predicted molar refractivity (Wildman–Crippen MR) is 70.5 cm³/mol. The Balaban J connectivity index is 2.57. The van der Waals surface area contributed by atoms with Gasteiger partial charge < -0.3 is 14.2 Å². The Kier molecular flexibility index (Phi) is 4.23. The van der Waals surface area contributed by atoms with Gasteiger partial charge in [-0.15, -0.1) is 0 Å². The summed E-state index contributed by atoms with van der Waals surface area (Å²) < 4.78 is 39.0. The van der Waals surface area contributed by atoms with Gasteiger partial charge in [0.2, 0.25) is 0 Å². The van der Waals surface area contributed by atoms with Gasteiger partial charge in [-0.05, 0) is 30.5 Å². The third-order valence-corrected chi connectivity index (χ3v) is 4.38. The molecule has 0 aliphatic carbocycles. The van der Waals surface area contributed by atoms with E-state index in [-0.39, 0.29) is 22.5 Å². The Labute approximate surface area is 116 Å². The summed E-state index contributed by atoms with van der Waals surface area (Å²) in [5.41, 5.74) is 0.829. The van der Waals surface area contributed by atoms with E-state index in [4.69, 9.17) is 24.9 Å². The van der Waals surface area contributed by atoms with Crippen LogP contribution in [0.25, 0.3) is 0 Å². The van der Waals surface area contributed by atoms with Crippen LogP contribution in [0.1, 0.15) is 24.5 Å². The highest BCUT2D eigenvalue weighted by Gasteiger charge is 2.27. The fourth-order valence-electron chi connectivity index (χ4n) is 2.17. The van der Waals surface area contributed by atoms with Crippen molar-refractivity contribution < 1.29 is 22.6 Å². The Hall–Kier alpha value is -0.980. The number of benzene rings is 1. The van der Waals surface area contributed by atoms with Crippen LogP contribution in [0, 0.1) is 0 Å². The zero-order valence-electron chi connectivity index (χ0n) is 10.7. The molecular weight excluding hydrogens is 292 g/mol. The number of halogens is 1. The van der Waals surface area contributed by atoms with Crippen molar-refractivity contribution in [1.29, 1.82) is 0 Å². The second-order valence-corrected chi connectivity index (χ2v) is 6.70. The van der Waals surface area contributed by atoms with Crippen LogP contribution in [0.15, 0.2) is 17.0 Å². The molecule has 1 aromatic carbocycles. The summed E-state index contributed by atoms with van der Waals surface area (Å²) >= 11 is 0. The molecule has 0 saturated carbocycles. The highest BCUT2D eigenvalue weighted by molar-refractivity contribution is 8.13. The second-order valence-electron chi connectivity index (χ2n) is 4.19. The molecule has 5 nitrogen and oxygen atoms in total. The van der Waals surface area contributed by atoms with Gasteiger partial charge in [-0.1, -0.05) is 0 Å². The molecule has 1 aliphatic rings. The summed E-state index contributed by atoms with van der Waals surface area (Å²) in [5, 5.41) is 0. The van der Waals surface area contributed by atoms with E-state index in [9.17, 15) is 8.42 Å². The van der Waals surface area contributed by atoms with Crippen LogP contribution in [0.4, 0.5) is 0 Å². The molecule has 1 aromatic rings. The smallest absolute Gasteiger partial charge is 0.268 e. The molecular formula is C12H15ClO5S. The molecule has 7 heteroatoms. The monoisotopic (exact) mass is 306 g/mol. The molecule has 0 radical (unpaired) electrons. The lowest BCUT2D eigenvalue weighted by Crippen LogP contribution is -2.04. The molecule has 19 heavy (non-hydrogen) atoms. The van der Waals surface area contributed by atoms with E-state index in [0.29, 0.717) is 6.61 Å². The molecule has 0 amide bonds. The van der Waals surface area contributed by atoms with Crippen molar-refractivity contribution in [3.05, 3.63) is 17.7 Å². The van der Waals surface area contributed by atoms with Gasteiger partial charge in [0.05, 0.1) is 20.3 Å². The molecule has 1 fully saturated rings. The quantitative estimate of drug-likeness (QED) is 0.800. The molecule has 0 spiro atoms. The Morgan fingerprint density at radius 3 is 2.21 bits per heavy atom. The number of hydrogen-bond donors (Lipinski definition) is 0. The van der Waals surface area contributed by atoms with E-state index in [2.05, 4.69) is 0 Å². The minimum Gasteiger partial charge on any atom is -0.495 e. The summed E-state index contributed by atoms with van der Waals surface area (Å²) in [4.78, 5) is -0.152. The summed E-state index contributed by atoms with van der Waals surface area (Å²) in [6, 6.07) is 3.27. The van der Waals surface area contributed by atoms with Gasteiger partial charge in [0.25, 0.3) is 9.05 Å². The highest BCUT2D eigenvalue weighted by Crippen LogP contribution is 2.40. The van der Waals surface area contributed by atoms with Crippen LogP contribution in [0.5, 0.6) is 11.5 Å². The summed E-state index contributed by atoms with van der Waals surface area (Å²) in [5.74, 6) is 0.333. The fourth-order valence-corrected chi connectivity index (χ4v) is 3.39. The molecule has 0 N–H and O–H groups in total. The average molecular weight is 307 g/mol. The Morgan fingerprint density at radius 2 is 1.84 bits per heavy atom. The second kappa shape index (κ2) is 5.56. The molecule has 0 unspecified atom stereocenters. The maximum absolute atomic E-state index is 11.6. The average Bonchev–Trinajstić information content (AvgIpc) is 2.89. The third kappa shape index (κ3) is 2.96. The Morgan fingerprint density at radius 1 is 1.26 bits per heavy atom. The Bertz CT molecular complexity index is 538. The first-order valence-electron chi connectivity index (χ1n) is 5.79. The fraction of sp³-hybridized carbons (Fsp3) is 0.500. The van der Waals surface area contributed by atoms with Gasteiger partial charge in [-0.2, -0.15) is 0 Å². The summed E-state index contributed by atoms with van der Waals surface area (Å²) in [7, 11) is 4.25. The first-order valence-corrected chi connectivity index (χ1v) is 8.10. The van der Waals surface area contributed by atoms with Gasteiger partial charge in [0.1, 0.15) is 11.5 Å². The van der Waals surface area contributed by atoms with Gasteiger partial charge in [0.15, 0.2) is 4.90 Å². The van der Waals surface area contributed by atoms with E-state index in [0.717, 1.165) is 18.4 Å². The van der Waals surface area contributed by atoms with Crippen molar-refractivity contribution in [3.8, 4) is 11.5 Å². The van der Waals surface area contributed by atoms with Crippen LogP contribution in [0.3, 0.4) is 0 Å². The van der Waals surface area contributed by atoms with Gasteiger partial charge in [-0.25, -0.2) is 8.42 Å². The summed E-state index contributed by atoms with van der Waals surface area (Å²) in [6.07, 6.45) is 1.80. The maximum atomic E-state index is 11.6. The van der Waals surface area contributed by atoms with E-state index in [1.54, 1.807) is 12.1 Å². The molecule has 0 bridgehead atoms. The molecule has 1 atom stereocenters. The number of rotatable bonds is 4. The van der Waals surface area contributed by atoms with Crippen LogP contribution < -0.4 is 9.47 Å². The normalized spacial score (nSPS) is 19.4. The van der Waals surface area contributed by atoms with Crippen LogP contribution in [-0.4, -0.2) is 29.2 Å². The lowest BCUT2D eigenvalue weighted by molar-refractivity contribution is 0.111. The highest BCUT2D eigenvalue weighted by atomic mass is 35.7. The van der Waals surface area contributed by atoms with Crippen molar-refractivity contribution in [1.82, 2.24) is 0 Å². The van der Waals surface area contributed by atoms with Gasteiger partial charge in [0, 0.05) is 17.3 Å². The van der Waals surface area contributed by atoms with Crippen molar-refractivity contribution in [3.63, 3.8) is 0 Å². The lowest BCUT2D eigenvalue weighted by Gasteiger charge is -2.16. The van der Waals surface area contributed by atoms with Crippen molar-refractivity contribution in [2.24, 2.45) is 0 Å². The standard InChI is InChI=1S/C12H15ClO5S/c1-16-10-6-8(9-4-3-5-18-9)7-11(17-2)12(10)19(13,14)15/h6-7,9H,3-5H2,1-2H3/t9-/m1/s1. The van der Waals surface area contributed by atoms with Crippen LogP contribution in [0.2, 0.25) is 0 Å². The molecule has 1 aliphatic heterocycles. The van der Waals surface area contributed by atoms with Crippen molar-refractivity contribution in [2.45, 2.75) is 23.8 Å². The number of methoxy groups -OCH3 is 2. The van der Waals surface area contributed by atoms with E-state index >= 15 is 0 Å². The minimum atomic E-state index is -3.95. The SMILES string of the molecule is COc1cc([C@H]2CCCO2)cc(OC)c1S(=O)(=O)Cl. The first kappa shape index (κ1) is 14.4. The van der Waals surface area contributed by atoms with Crippen molar-refractivity contribution >= 4 is 19.7 Å². The van der Waals surface area contributed by atoms with Crippen LogP contribution >= 0.6 is 10.7 Å². The zero-order chi connectivity index (χ0) is 14.0.